The Morgan fingerprint density at radius 2 is 2.05 bits per heavy atom. The van der Waals surface area contributed by atoms with E-state index in [-0.39, 0.29) is 11.9 Å². The average Bonchev–Trinajstić information content (AvgIpc) is 3.04. The van der Waals surface area contributed by atoms with Gasteiger partial charge >= 0.3 is 0 Å². The second-order valence-corrected chi connectivity index (χ2v) is 5.28. The van der Waals surface area contributed by atoms with Crippen LogP contribution >= 0.6 is 0 Å². The second kappa shape index (κ2) is 5.61. The molecule has 2 heterocycles. The molecule has 0 radical (unpaired) electrons. The lowest BCUT2D eigenvalue weighted by molar-refractivity contribution is 0.0603. The first-order valence-electron chi connectivity index (χ1n) is 7.04. The smallest absolute Gasteiger partial charge is 0.254 e. The van der Waals surface area contributed by atoms with Gasteiger partial charge in [0.15, 0.2) is 0 Å². The maximum Gasteiger partial charge on any atom is 0.254 e. The summed E-state index contributed by atoms with van der Waals surface area (Å²) in [5.41, 5.74) is 1.52. The highest BCUT2D eigenvalue weighted by molar-refractivity contribution is 5.94. The number of nitrogens with zero attached hydrogens (tertiary/aromatic N) is 5. The first kappa shape index (κ1) is 13.7. The number of hydrogen-bond donors (Lipinski definition) is 1. The summed E-state index contributed by atoms with van der Waals surface area (Å²) in [7, 11) is 0. The molecule has 1 N–H and O–H groups in total. The molecule has 0 saturated carbocycles. The van der Waals surface area contributed by atoms with E-state index in [1.54, 1.807) is 4.68 Å². The van der Waals surface area contributed by atoms with Crippen molar-refractivity contribution >= 4 is 5.91 Å². The lowest BCUT2D eigenvalue weighted by Crippen LogP contribution is -2.57. The lowest BCUT2D eigenvalue weighted by atomic mass is 10.1. The Balaban J connectivity index is 1.79. The molecular formula is C14H18N6O. The van der Waals surface area contributed by atoms with Gasteiger partial charge in [-0.05, 0) is 48.5 Å². The normalized spacial score (nSPS) is 22.3. The Labute approximate surface area is 122 Å². The minimum Gasteiger partial charge on any atom is -0.333 e. The van der Waals surface area contributed by atoms with Crippen molar-refractivity contribution < 1.29 is 4.79 Å². The van der Waals surface area contributed by atoms with Crippen molar-refractivity contribution in [2.75, 3.05) is 13.1 Å². The van der Waals surface area contributed by atoms with E-state index in [2.05, 4.69) is 34.7 Å². The Bertz CT molecular complexity index is 609. The summed E-state index contributed by atoms with van der Waals surface area (Å²) in [4.78, 5) is 14.5. The van der Waals surface area contributed by atoms with Crippen LogP contribution in [0.15, 0.2) is 30.6 Å². The first-order chi connectivity index (χ1) is 10.2. The predicted octanol–water partition coefficient (Wildman–Crippen LogP) is 0.485. The molecule has 7 heteroatoms. The fourth-order valence-corrected chi connectivity index (χ4v) is 2.55. The number of aromatic nitrogens is 4. The van der Waals surface area contributed by atoms with Gasteiger partial charge in [-0.15, -0.1) is 5.10 Å². The average molecular weight is 286 g/mol. The molecule has 2 atom stereocenters. The van der Waals surface area contributed by atoms with E-state index in [4.69, 9.17) is 0 Å². The van der Waals surface area contributed by atoms with Crippen molar-refractivity contribution in [2.45, 2.75) is 25.9 Å². The molecule has 1 aromatic heterocycles. The van der Waals surface area contributed by atoms with Crippen LogP contribution in [-0.2, 0) is 0 Å². The third-order valence-electron chi connectivity index (χ3n) is 4.02. The van der Waals surface area contributed by atoms with Gasteiger partial charge in [0.2, 0.25) is 0 Å². The topological polar surface area (TPSA) is 75.9 Å². The molecule has 2 aromatic rings. The number of piperazine rings is 1. The van der Waals surface area contributed by atoms with Crippen molar-refractivity contribution in [1.82, 2.24) is 30.4 Å². The minimum atomic E-state index is 0.0686. The van der Waals surface area contributed by atoms with Crippen LogP contribution < -0.4 is 5.32 Å². The molecule has 21 heavy (non-hydrogen) atoms. The molecule has 7 nitrogen and oxygen atoms in total. The fourth-order valence-electron chi connectivity index (χ4n) is 2.55. The molecule has 1 aliphatic heterocycles. The molecular weight excluding hydrogens is 268 g/mol. The van der Waals surface area contributed by atoms with Gasteiger partial charge in [0.05, 0.1) is 5.69 Å². The van der Waals surface area contributed by atoms with E-state index in [9.17, 15) is 4.79 Å². The van der Waals surface area contributed by atoms with E-state index in [1.807, 2.05) is 29.2 Å². The molecule has 3 rings (SSSR count). The molecule has 110 valence electrons. The molecule has 2 unspecified atom stereocenters. The summed E-state index contributed by atoms with van der Waals surface area (Å²) in [5.74, 6) is 0.0686. The van der Waals surface area contributed by atoms with Gasteiger partial charge < -0.3 is 10.2 Å². The highest BCUT2D eigenvalue weighted by Gasteiger charge is 2.28. The second-order valence-electron chi connectivity index (χ2n) is 5.28. The third-order valence-corrected chi connectivity index (χ3v) is 4.02. The van der Waals surface area contributed by atoms with Gasteiger partial charge in [-0.2, -0.15) is 0 Å². The van der Waals surface area contributed by atoms with Crippen LogP contribution in [0.1, 0.15) is 24.2 Å². The SMILES string of the molecule is CC1NCCN(C(=O)c2ccc(-n3cnnn3)cc2)C1C. The predicted molar refractivity (Wildman–Crippen MR) is 77.1 cm³/mol. The highest BCUT2D eigenvalue weighted by atomic mass is 16.2. The largest absolute Gasteiger partial charge is 0.333 e. The number of tetrazole rings is 1. The molecule has 1 aromatic carbocycles. The Morgan fingerprint density at radius 3 is 2.71 bits per heavy atom. The van der Waals surface area contributed by atoms with Crippen molar-refractivity contribution in [2.24, 2.45) is 0 Å². The molecule has 0 bridgehead atoms. The monoisotopic (exact) mass is 286 g/mol. The number of amides is 1. The van der Waals surface area contributed by atoms with Gasteiger partial charge in [-0.25, -0.2) is 4.68 Å². The van der Waals surface area contributed by atoms with E-state index < -0.39 is 0 Å². The van der Waals surface area contributed by atoms with Crippen molar-refractivity contribution in [1.29, 1.82) is 0 Å². The van der Waals surface area contributed by atoms with Crippen LogP contribution in [-0.4, -0.2) is 56.2 Å². The van der Waals surface area contributed by atoms with E-state index in [1.165, 1.54) is 6.33 Å². The number of benzene rings is 1. The summed E-state index contributed by atoms with van der Waals surface area (Å²) in [6.07, 6.45) is 1.52. The Morgan fingerprint density at radius 1 is 1.29 bits per heavy atom. The fraction of sp³-hybridized carbons (Fsp3) is 0.429. The van der Waals surface area contributed by atoms with Crippen LogP contribution in [0.5, 0.6) is 0 Å². The third kappa shape index (κ3) is 2.64. The van der Waals surface area contributed by atoms with E-state index >= 15 is 0 Å². The van der Waals surface area contributed by atoms with Crippen LogP contribution in [0, 0.1) is 0 Å². The molecule has 1 aliphatic rings. The summed E-state index contributed by atoms with van der Waals surface area (Å²) in [5, 5.41) is 14.4. The summed E-state index contributed by atoms with van der Waals surface area (Å²) in [6, 6.07) is 7.82. The molecule has 0 aliphatic carbocycles. The van der Waals surface area contributed by atoms with E-state index in [0.29, 0.717) is 11.6 Å². The lowest BCUT2D eigenvalue weighted by Gasteiger charge is -2.38. The number of nitrogens with one attached hydrogen (secondary N) is 1. The Kier molecular flexibility index (Phi) is 3.66. The summed E-state index contributed by atoms with van der Waals surface area (Å²) < 4.78 is 1.56. The summed E-state index contributed by atoms with van der Waals surface area (Å²) >= 11 is 0. The zero-order valence-electron chi connectivity index (χ0n) is 12.1. The molecule has 1 saturated heterocycles. The Hall–Kier alpha value is -2.28. The zero-order chi connectivity index (χ0) is 14.8. The van der Waals surface area contributed by atoms with Gasteiger partial charge in [-0.1, -0.05) is 0 Å². The maximum absolute atomic E-state index is 12.6. The van der Waals surface area contributed by atoms with Crippen molar-refractivity contribution in [3.63, 3.8) is 0 Å². The highest BCUT2D eigenvalue weighted by Crippen LogP contribution is 2.15. The van der Waals surface area contributed by atoms with Crippen LogP contribution in [0.2, 0.25) is 0 Å². The first-order valence-corrected chi connectivity index (χ1v) is 7.04. The van der Waals surface area contributed by atoms with Crippen molar-refractivity contribution in [3.8, 4) is 5.69 Å². The van der Waals surface area contributed by atoms with Crippen LogP contribution in [0.4, 0.5) is 0 Å². The summed E-state index contributed by atoms with van der Waals surface area (Å²) in [6.45, 7) is 5.74. The number of rotatable bonds is 2. The van der Waals surface area contributed by atoms with Gasteiger partial charge in [0.1, 0.15) is 6.33 Å². The van der Waals surface area contributed by atoms with E-state index in [0.717, 1.165) is 18.8 Å². The van der Waals surface area contributed by atoms with Crippen LogP contribution in [0.3, 0.4) is 0 Å². The molecule has 0 spiro atoms. The maximum atomic E-state index is 12.6. The number of carbonyl (C=O) groups excluding carboxylic acids is 1. The zero-order valence-corrected chi connectivity index (χ0v) is 12.1. The van der Waals surface area contributed by atoms with Gasteiger partial charge in [0, 0.05) is 30.7 Å². The number of carbonyl (C=O) groups is 1. The quantitative estimate of drug-likeness (QED) is 0.869. The van der Waals surface area contributed by atoms with Gasteiger partial charge in [0.25, 0.3) is 5.91 Å². The van der Waals surface area contributed by atoms with Crippen LogP contribution in [0.25, 0.3) is 5.69 Å². The standard InChI is InChI=1S/C14H18N6O/c1-10-11(2)19(8-7-15-10)14(21)12-3-5-13(6-4-12)20-9-16-17-18-20/h3-6,9-11,15H,7-8H2,1-2H3. The number of hydrogen-bond acceptors (Lipinski definition) is 5. The van der Waals surface area contributed by atoms with Gasteiger partial charge in [-0.3, -0.25) is 4.79 Å². The minimum absolute atomic E-state index is 0.0686. The van der Waals surface area contributed by atoms with Crippen molar-refractivity contribution in [3.05, 3.63) is 36.2 Å². The molecule has 1 amide bonds. The molecule has 1 fully saturated rings.